The minimum Gasteiger partial charge on any atom is -0.487 e. The molecule has 1 amide bonds. The molecule has 2 heterocycles. The number of nitriles is 1. The summed E-state index contributed by atoms with van der Waals surface area (Å²) >= 11 is 0. The van der Waals surface area contributed by atoms with Crippen LogP contribution in [0.1, 0.15) is 38.2 Å². The number of aromatic nitrogens is 1. The minimum atomic E-state index is -0.584. The van der Waals surface area contributed by atoms with Crippen molar-refractivity contribution in [3.8, 4) is 29.2 Å². The molecule has 4 aromatic carbocycles. The molecule has 0 saturated carbocycles. The van der Waals surface area contributed by atoms with Crippen molar-refractivity contribution in [2.45, 2.75) is 20.1 Å². The highest BCUT2D eigenvalue weighted by Gasteiger charge is 2.20. The Bertz CT molecular complexity index is 2050. The number of pyridine rings is 1. The van der Waals surface area contributed by atoms with Gasteiger partial charge in [0.1, 0.15) is 18.1 Å². The molecular formula is C42H37FN4O5. The number of ketones is 1. The molecule has 52 heavy (non-hydrogen) atoms. The lowest BCUT2D eigenvalue weighted by molar-refractivity contribution is -0.127. The van der Waals surface area contributed by atoms with E-state index in [2.05, 4.69) is 16.0 Å². The van der Waals surface area contributed by atoms with Crippen molar-refractivity contribution in [2.24, 2.45) is 0 Å². The van der Waals surface area contributed by atoms with Gasteiger partial charge in [0.2, 0.25) is 11.8 Å². The van der Waals surface area contributed by atoms with E-state index < -0.39 is 5.82 Å². The summed E-state index contributed by atoms with van der Waals surface area (Å²) in [6.07, 6.45) is 4.54. The topological polar surface area (TPSA) is 105 Å². The zero-order valence-electron chi connectivity index (χ0n) is 28.7. The second-order valence-corrected chi connectivity index (χ2v) is 12.4. The molecule has 6 rings (SSSR count). The molecule has 1 fully saturated rings. The van der Waals surface area contributed by atoms with Gasteiger partial charge in [0.25, 0.3) is 0 Å². The molecule has 262 valence electrons. The number of hydrogen-bond donors (Lipinski definition) is 0. The Morgan fingerprint density at radius 1 is 0.846 bits per heavy atom. The Balaban J connectivity index is 0.920. The maximum absolute atomic E-state index is 14.9. The van der Waals surface area contributed by atoms with Crippen LogP contribution in [-0.4, -0.2) is 59.3 Å². The Morgan fingerprint density at radius 3 is 2.23 bits per heavy atom. The highest BCUT2D eigenvalue weighted by atomic mass is 19.1. The molecule has 0 bridgehead atoms. The maximum Gasteiger partial charge on any atom is 0.246 e. The van der Waals surface area contributed by atoms with Crippen LogP contribution in [0.4, 0.5) is 4.39 Å². The van der Waals surface area contributed by atoms with E-state index in [1.54, 1.807) is 41.3 Å². The molecular weight excluding hydrogens is 659 g/mol. The number of benzene rings is 4. The lowest BCUT2D eigenvalue weighted by atomic mass is 10.1. The van der Waals surface area contributed by atoms with Gasteiger partial charge in [0.05, 0.1) is 17.8 Å². The molecule has 0 aliphatic carbocycles. The number of carbonyl (C=O) groups is 2. The van der Waals surface area contributed by atoms with E-state index in [0.717, 1.165) is 16.7 Å². The van der Waals surface area contributed by atoms with Gasteiger partial charge in [0.15, 0.2) is 24.0 Å². The van der Waals surface area contributed by atoms with E-state index in [-0.39, 0.29) is 29.9 Å². The number of hydrogen-bond acceptors (Lipinski definition) is 8. The van der Waals surface area contributed by atoms with Gasteiger partial charge in [-0.15, -0.1) is 0 Å². The lowest BCUT2D eigenvalue weighted by Crippen LogP contribution is -2.47. The van der Waals surface area contributed by atoms with Crippen LogP contribution < -0.4 is 14.2 Å². The van der Waals surface area contributed by atoms with Crippen molar-refractivity contribution < 1.29 is 28.2 Å². The first kappa shape index (κ1) is 35.5. The van der Waals surface area contributed by atoms with Gasteiger partial charge in [-0.05, 0) is 72.2 Å². The zero-order chi connectivity index (χ0) is 36.3. The highest BCUT2D eigenvalue weighted by molar-refractivity contribution is 5.97. The Hall–Kier alpha value is -6.31. The number of amides is 1. The predicted octanol–water partition coefficient (Wildman–Crippen LogP) is 7.39. The Kier molecular flexibility index (Phi) is 11.7. The fraction of sp³-hybridized carbons (Fsp3) is 0.190. The molecule has 0 atom stereocenters. The molecule has 9 nitrogen and oxygen atoms in total. The smallest absolute Gasteiger partial charge is 0.246 e. The SMILES string of the molecule is Cc1ccc(OCC(=O)c2ccc(CN3CCN(C(=O)C=Cc4ccc(Oc5ccc(OCc6ccc(C#N)cc6)cn5)c(F)c4)CC3)cc2)cc1. The minimum absolute atomic E-state index is 0.00622. The monoisotopic (exact) mass is 696 g/mol. The van der Waals surface area contributed by atoms with E-state index in [0.29, 0.717) is 67.5 Å². The second-order valence-electron chi connectivity index (χ2n) is 12.4. The summed E-state index contributed by atoms with van der Waals surface area (Å²) in [6.45, 7) is 5.57. The zero-order valence-corrected chi connectivity index (χ0v) is 28.7. The van der Waals surface area contributed by atoms with Crippen LogP contribution in [0, 0.1) is 24.1 Å². The van der Waals surface area contributed by atoms with Gasteiger partial charge in [-0.25, -0.2) is 9.37 Å². The molecule has 5 aromatic rings. The number of Topliss-reactive ketones (excluding diaryl/α,β-unsaturated/α-hetero) is 1. The first-order valence-electron chi connectivity index (χ1n) is 16.9. The van der Waals surface area contributed by atoms with E-state index in [9.17, 15) is 14.0 Å². The van der Waals surface area contributed by atoms with Crippen LogP contribution in [0.25, 0.3) is 6.08 Å². The van der Waals surface area contributed by atoms with Gasteiger partial charge in [-0.3, -0.25) is 14.5 Å². The van der Waals surface area contributed by atoms with E-state index in [4.69, 9.17) is 19.5 Å². The number of halogens is 1. The predicted molar refractivity (Wildman–Crippen MR) is 195 cm³/mol. The largest absolute Gasteiger partial charge is 0.487 e. The van der Waals surface area contributed by atoms with E-state index in [1.807, 2.05) is 67.6 Å². The number of ether oxygens (including phenoxy) is 3. The highest BCUT2D eigenvalue weighted by Crippen LogP contribution is 2.26. The fourth-order valence-corrected chi connectivity index (χ4v) is 5.49. The van der Waals surface area contributed by atoms with Gasteiger partial charge in [0, 0.05) is 50.4 Å². The second kappa shape index (κ2) is 17.1. The van der Waals surface area contributed by atoms with Gasteiger partial charge < -0.3 is 19.1 Å². The van der Waals surface area contributed by atoms with Crippen LogP contribution in [0.2, 0.25) is 0 Å². The first-order valence-corrected chi connectivity index (χ1v) is 16.9. The van der Waals surface area contributed by atoms with Crippen LogP contribution >= 0.6 is 0 Å². The quantitative estimate of drug-likeness (QED) is 0.0928. The summed E-state index contributed by atoms with van der Waals surface area (Å²) in [5.41, 5.74) is 4.84. The van der Waals surface area contributed by atoms with Crippen molar-refractivity contribution >= 4 is 17.8 Å². The third-order valence-electron chi connectivity index (χ3n) is 8.54. The molecule has 0 N–H and O–H groups in total. The Morgan fingerprint density at radius 2 is 1.56 bits per heavy atom. The third-order valence-corrected chi connectivity index (χ3v) is 8.54. The van der Waals surface area contributed by atoms with Crippen molar-refractivity contribution in [1.82, 2.24) is 14.8 Å². The molecule has 1 saturated heterocycles. The van der Waals surface area contributed by atoms with E-state index in [1.165, 1.54) is 24.4 Å². The van der Waals surface area contributed by atoms with Crippen LogP contribution in [-0.2, 0) is 17.9 Å². The molecule has 10 heteroatoms. The first-order chi connectivity index (χ1) is 25.3. The number of carbonyl (C=O) groups excluding carboxylic acids is 2. The fourth-order valence-electron chi connectivity index (χ4n) is 5.49. The summed E-state index contributed by atoms with van der Waals surface area (Å²) < 4.78 is 31.9. The maximum atomic E-state index is 14.9. The van der Waals surface area contributed by atoms with Crippen LogP contribution in [0.3, 0.4) is 0 Å². The van der Waals surface area contributed by atoms with Gasteiger partial charge >= 0.3 is 0 Å². The number of nitrogens with zero attached hydrogens (tertiary/aromatic N) is 4. The molecule has 0 spiro atoms. The normalized spacial score (nSPS) is 13.1. The number of aryl methyl sites for hydroxylation is 1. The van der Waals surface area contributed by atoms with Crippen LogP contribution in [0.5, 0.6) is 23.1 Å². The molecule has 1 aliphatic rings. The number of piperazine rings is 1. The molecule has 1 aliphatic heterocycles. The van der Waals surface area contributed by atoms with Crippen molar-refractivity contribution in [2.75, 3.05) is 32.8 Å². The summed E-state index contributed by atoms with van der Waals surface area (Å²) in [7, 11) is 0. The number of rotatable bonds is 13. The average molecular weight is 697 g/mol. The summed E-state index contributed by atoms with van der Waals surface area (Å²) in [5, 5.41) is 8.92. The van der Waals surface area contributed by atoms with E-state index >= 15 is 0 Å². The van der Waals surface area contributed by atoms with Crippen molar-refractivity contribution in [3.05, 3.63) is 155 Å². The average Bonchev–Trinajstić information content (AvgIpc) is 3.18. The van der Waals surface area contributed by atoms with Crippen molar-refractivity contribution in [1.29, 1.82) is 5.26 Å². The third kappa shape index (κ3) is 9.90. The van der Waals surface area contributed by atoms with Gasteiger partial charge in [-0.1, -0.05) is 60.2 Å². The summed E-state index contributed by atoms with van der Waals surface area (Å²) in [4.78, 5) is 33.7. The van der Waals surface area contributed by atoms with Gasteiger partial charge in [-0.2, -0.15) is 5.26 Å². The molecule has 0 unspecified atom stereocenters. The lowest BCUT2D eigenvalue weighted by Gasteiger charge is -2.34. The van der Waals surface area contributed by atoms with Crippen LogP contribution in [0.15, 0.2) is 115 Å². The standard InChI is InChI=1S/C42H37FN4O5/c1-30-2-14-36(15-3-30)51-29-39(48)35-12-8-33(9-13-35)27-46-20-22-47(23-21-46)42(49)19-11-31-10-17-40(38(43)24-31)52-41-18-16-37(26-45-41)50-28-34-6-4-32(25-44)5-7-34/h2-19,24,26H,20-23,27-29H2,1H3. The van der Waals surface area contributed by atoms with Crippen molar-refractivity contribution in [3.63, 3.8) is 0 Å². The summed E-state index contributed by atoms with van der Waals surface area (Å²) in [5.74, 6) is 0.591. The molecule has 0 radical (unpaired) electrons. The summed E-state index contributed by atoms with van der Waals surface area (Å²) in [6, 6.07) is 32.1. The Labute approximate surface area is 302 Å². The molecule has 1 aromatic heterocycles.